The first-order valence-corrected chi connectivity index (χ1v) is 10.8. The van der Waals surface area contributed by atoms with E-state index >= 15 is 0 Å². The molecule has 1 fully saturated rings. The van der Waals surface area contributed by atoms with Gasteiger partial charge in [0.15, 0.2) is 5.96 Å². The molecule has 0 amide bonds. The van der Waals surface area contributed by atoms with E-state index in [1.807, 2.05) is 0 Å². The van der Waals surface area contributed by atoms with E-state index in [0.717, 1.165) is 13.1 Å². The van der Waals surface area contributed by atoms with Crippen molar-refractivity contribution in [3.05, 3.63) is 29.3 Å². The number of sulfonamides is 1. The van der Waals surface area contributed by atoms with Gasteiger partial charge < -0.3 is 15.5 Å². The van der Waals surface area contributed by atoms with Crippen LogP contribution < -0.4 is 15.4 Å². The van der Waals surface area contributed by atoms with Crippen LogP contribution in [0.4, 0.5) is 0 Å². The smallest absolute Gasteiger partial charge is 0.240 e. The molecule has 3 N–H and O–H groups in total. The van der Waals surface area contributed by atoms with Gasteiger partial charge in [0.25, 0.3) is 0 Å². The molecule has 1 aliphatic heterocycles. The fraction of sp³-hybridized carbons (Fsp3) is 0.588. The number of rotatable bonds is 8. The highest BCUT2D eigenvalue weighted by Crippen LogP contribution is 2.14. The Labute approximate surface area is 184 Å². The molecule has 1 heterocycles. The summed E-state index contributed by atoms with van der Waals surface area (Å²) in [5.74, 6) is 0.670. The normalized spacial score (nSPS) is 15.9. The van der Waals surface area contributed by atoms with Gasteiger partial charge in [-0.05, 0) is 44.1 Å². The summed E-state index contributed by atoms with van der Waals surface area (Å²) >= 11 is 5.85. The van der Waals surface area contributed by atoms with Crippen molar-refractivity contribution in [2.75, 3.05) is 46.3 Å². The number of guanidine groups is 1. The molecule has 0 aliphatic carbocycles. The lowest BCUT2D eigenvalue weighted by atomic mass is 10.1. The van der Waals surface area contributed by atoms with E-state index in [4.69, 9.17) is 11.6 Å². The molecule has 0 spiro atoms. The molecule has 1 aromatic rings. The molecule has 154 valence electrons. The lowest BCUT2D eigenvalue weighted by Crippen LogP contribution is -2.44. The molecular weight excluding hydrogens is 501 g/mol. The number of likely N-dealkylation sites (tertiary alicyclic amines) is 1. The molecule has 2 rings (SSSR count). The van der Waals surface area contributed by atoms with Crippen LogP contribution in [0.2, 0.25) is 5.02 Å². The topological polar surface area (TPSA) is 85.8 Å². The van der Waals surface area contributed by atoms with Crippen molar-refractivity contribution in [3.8, 4) is 0 Å². The van der Waals surface area contributed by atoms with Crippen molar-refractivity contribution >= 4 is 51.6 Å². The molecule has 0 atom stereocenters. The van der Waals surface area contributed by atoms with Crippen LogP contribution in [-0.2, 0) is 10.0 Å². The van der Waals surface area contributed by atoms with Gasteiger partial charge in [-0.25, -0.2) is 13.1 Å². The molecule has 0 saturated carbocycles. The van der Waals surface area contributed by atoms with Crippen LogP contribution in [-0.4, -0.2) is 65.6 Å². The first-order valence-electron chi connectivity index (χ1n) is 8.93. The average Bonchev–Trinajstić information content (AvgIpc) is 2.64. The largest absolute Gasteiger partial charge is 0.355 e. The van der Waals surface area contributed by atoms with Crippen LogP contribution in [0.15, 0.2) is 34.2 Å². The summed E-state index contributed by atoms with van der Waals surface area (Å²) in [5, 5.41) is 6.76. The summed E-state index contributed by atoms with van der Waals surface area (Å²) in [4.78, 5) is 6.76. The quantitative estimate of drug-likeness (QED) is 0.207. The Morgan fingerprint density at radius 2 is 1.85 bits per heavy atom. The number of hydrogen-bond donors (Lipinski definition) is 3. The molecule has 1 aromatic carbocycles. The zero-order chi connectivity index (χ0) is 18.8. The van der Waals surface area contributed by atoms with Crippen LogP contribution in [0.5, 0.6) is 0 Å². The van der Waals surface area contributed by atoms with Gasteiger partial charge in [0.2, 0.25) is 10.0 Å². The van der Waals surface area contributed by atoms with Crippen LogP contribution in [0.1, 0.15) is 19.3 Å². The van der Waals surface area contributed by atoms with Crippen molar-refractivity contribution < 1.29 is 8.42 Å². The van der Waals surface area contributed by atoms with E-state index in [1.165, 1.54) is 44.5 Å². The molecule has 1 saturated heterocycles. The first kappa shape index (κ1) is 24.4. The number of nitrogens with zero attached hydrogens (tertiary/aromatic N) is 2. The summed E-state index contributed by atoms with van der Waals surface area (Å²) in [5.41, 5.74) is 0. The average molecular weight is 530 g/mol. The van der Waals surface area contributed by atoms with Crippen LogP contribution in [0.3, 0.4) is 0 Å². The minimum absolute atomic E-state index is 0. The van der Waals surface area contributed by atoms with Gasteiger partial charge in [-0.15, -0.1) is 24.0 Å². The molecule has 0 unspecified atom stereocenters. The molecule has 10 heteroatoms. The monoisotopic (exact) mass is 529 g/mol. The minimum atomic E-state index is -3.56. The van der Waals surface area contributed by atoms with Gasteiger partial charge >= 0.3 is 0 Å². The van der Waals surface area contributed by atoms with Crippen LogP contribution in [0, 0.1) is 0 Å². The molecule has 27 heavy (non-hydrogen) atoms. The maximum atomic E-state index is 12.2. The van der Waals surface area contributed by atoms with Crippen molar-refractivity contribution in [3.63, 3.8) is 0 Å². The standard InChI is InChI=1S/C17H28ClN5O2S.HI/c1-19-17(21-10-13-23-11-3-2-4-12-23)20-8-9-22-26(24,25)16-7-5-6-15(18)14-16;/h5-7,14,22H,2-4,8-13H2,1H3,(H2,19,20,21);1H. The Balaban J connectivity index is 0.00000364. The van der Waals surface area contributed by atoms with Crippen molar-refractivity contribution in [1.82, 2.24) is 20.3 Å². The molecule has 0 bridgehead atoms. The Morgan fingerprint density at radius 1 is 1.15 bits per heavy atom. The summed E-state index contributed by atoms with van der Waals surface area (Å²) in [6.45, 7) is 4.82. The van der Waals surface area contributed by atoms with E-state index in [9.17, 15) is 8.42 Å². The molecular formula is C17H29ClIN5O2S. The Hall–Kier alpha value is -0.620. The van der Waals surface area contributed by atoms with E-state index < -0.39 is 10.0 Å². The second-order valence-corrected chi connectivity index (χ2v) is 8.39. The van der Waals surface area contributed by atoms with Gasteiger partial charge in [0, 0.05) is 38.2 Å². The van der Waals surface area contributed by atoms with Gasteiger partial charge in [0.1, 0.15) is 0 Å². The Bertz CT molecular complexity index is 696. The summed E-state index contributed by atoms with van der Waals surface area (Å²) in [6, 6.07) is 6.20. The van der Waals surface area contributed by atoms with Crippen LogP contribution >= 0.6 is 35.6 Å². The second-order valence-electron chi connectivity index (χ2n) is 6.18. The molecule has 0 aromatic heterocycles. The van der Waals surface area contributed by atoms with Crippen molar-refractivity contribution in [2.45, 2.75) is 24.2 Å². The lowest BCUT2D eigenvalue weighted by Gasteiger charge is -2.26. The first-order chi connectivity index (χ1) is 12.5. The SMILES string of the molecule is CN=C(NCCNS(=O)(=O)c1cccc(Cl)c1)NCCN1CCCCC1.I. The third-order valence-corrected chi connectivity index (χ3v) is 5.90. The van der Waals surface area contributed by atoms with E-state index in [0.29, 0.717) is 17.5 Å². The number of nitrogens with one attached hydrogen (secondary N) is 3. The van der Waals surface area contributed by atoms with Gasteiger partial charge in [-0.1, -0.05) is 24.1 Å². The summed E-state index contributed by atoms with van der Waals surface area (Å²) in [6.07, 6.45) is 3.89. The number of halogens is 2. The second kappa shape index (κ2) is 12.8. The highest BCUT2D eigenvalue weighted by atomic mass is 127. The number of aliphatic imine (C=N–C) groups is 1. The number of piperidine rings is 1. The molecule has 1 aliphatic rings. The summed E-state index contributed by atoms with van der Waals surface area (Å²) < 4.78 is 26.9. The van der Waals surface area contributed by atoms with E-state index in [1.54, 1.807) is 19.2 Å². The number of benzene rings is 1. The molecule has 0 radical (unpaired) electrons. The highest BCUT2D eigenvalue weighted by molar-refractivity contribution is 14.0. The maximum absolute atomic E-state index is 12.2. The van der Waals surface area contributed by atoms with Gasteiger partial charge in [0.05, 0.1) is 4.90 Å². The predicted molar refractivity (Wildman–Crippen MR) is 122 cm³/mol. The Morgan fingerprint density at radius 3 is 2.52 bits per heavy atom. The summed E-state index contributed by atoms with van der Waals surface area (Å²) in [7, 11) is -1.86. The zero-order valence-electron chi connectivity index (χ0n) is 15.6. The van der Waals surface area contributed by atoms with E-state index in [-0.39, 0.29) is 35.4 Å². The number of hydrogen-bond acceptors (Lipinski definition) is 4. The maximum Gasteiger partial charge on any atom is 0.240 e. The highest BCUT2D eigenvalue weighted by Gasteiger charge is 2.13. The van der Waals surface area contributed by atoms with E-state index in [2.05, 4.69) is 25.2 Å². The fourth-order valence-electron chi connectivity index (χ4n) is 2.82. The van der Waals surface area contributed by atoms with Crippen LogP contribution in [0.25, 0.3) is 0 Å². The predicted octanol–water partition coefficient (Wildman–Crippen LogP) is 1.89. The minimum Gasteiger partial charge on any atom is -0.355 e. The van der Waals surface area contributed by atoms with Gasteiger partial charge in [-0.2, -0.15) is 0 Å². The fourth-order valence-corrected chi connectivity index (χ4v) is 4.15. The molecule has 7 nitrogen and oxygen atoms in total. The lowest BCUT2D eigenvalue weighted by molar-refractivity contribution is 0.232. The van der Waals surface area contributed by atoms with Gasteiger partial charge in [-0.3, -0.25) is 4.99 Å². The van der Waals surface area contributed by atoms with Crippen molar-refractivity contribution in [1.29, 1.82) is 0 Å². The van der Waals surface area contributed by atoms with Crippen molar-refractivity contribution in [2.24, 2.45) is 4.99 Å². The third-order valence-electron chi connectivity index (χ3n) is 4.21. The zero-order valence-corrected chi connectivity index (χ0v) is 19.5. The third kappa shape index (κ3) is 8.95. The Kier molecular flexibility index (Phi) is 11.5.